The van der Waals surface area contributed by atoms with Gasteiger partial charge in [0.2, 0.25) is 0 Å². The molecule has 32 heavy (non-hydrogen) atoms. The number of hydrogen-bond acceptors (Lipinski definition) is 3. The molecule has 0 bridgehead atoms. The standard InChI is InChI=1S/C29H20OS2/c1-3-8-23(9-4-1)29(24-10-5-2-6-11-24)18-17-21-20-22(13-14-25(21)30-29)26-15-16-28(32-26)27-12-7-19-31-27/h1-20H. The summed E-state index contributed by atoms with van der Waals surface area (Å²) in [5.74, 6) is 0.902. The molecule has 0 aliphatic carbocycles. The van der Waals surface area contributed by atoms with Crippen LogP contribution in [0.1, 0.15) is 16.7 Å². The fourth-order valence-electron chi connectivity index (χ4n) is 4.23. The van der Waals surface area contributed by atoms with E-state index >= 15 is 0 Å². The fraction of sp³-hybridized carbons (Fsp3) is 0.0345. The third-order valence-corrected chi connectivity index (χ3v) is 8.04. The van der Waals surface area contributed by atoms with Crippen molar-refractivity contribution in [3.8, 4) is 25.9 Å². The van der Waals surface area contributed by atoms with Crippen LogP contribution in [0.4, 0.5) is 0 Å². The highest BCUT2D eigenvalue weighted by molar-refractivity contribution is 7.23. The van der Waals surface area contributed by atoms with Gasteiger partial charge >= 0.3 is 0 Å². The molecule has 1 aliphatic heterocycles. The van der Waals surface area contributed by atoms with Crippen molar-refractivity contribution < 1.29 is 4.74 Å². The lowest BCUT2D eigenvalue weighted by atomic mass is 9.83. The van der Waals surface area contributed by atoms with Crippen LogP contribution in [0.15, 0.2) is 115 Å². The molecule has 0 unspecified atom stereocenters. The predicted octanol–water partition coefficient (Wildman–Crippen LogP) is 8.49. The molecule has 5 aromatic rings. The largest absolute Gasteiger partial charge is 0.473 e. The van der Waals surface area contributed by atoms with Crippen LogP contribution < -0.4 is 4.74 Å². The maximum absolute atomic E-state index is 6.76. The molecule has 0 spiro atoms. The van der Waals surface area contributed by atoms with Crippen LogP contribution in [0.3, 0.4) is 0 Å². The summed E-state index contributed by atoms with van der Waals surface area (Å²) in [6.45, 7) is 0. The highest BCUT2D eigenvalue weighted by atomic mass is 32.1. The van der Waals surface area contributed by atoms with Crippen molar-refractivity contribution in [3.05, 3.63) is 131 Å². The smallest absolute Gasteiger partial charge is 0.178 e. The number of rotatable bonds is 4. The molecule has 0 N–H and O–H groups in total. The summed E-state index contributed by atoms with van der Waals surface area (Å²) in [4.78, 5) is 3.90. The summed E-state index contributed by atoms with van der Waals surface area (Å²) in [5, 5.41) is 2.13. The van der Waals surface area contributed by atoms with Gasteiger partial charge in [0.15, 0.2) is 5.60 Å². The van der Waals surface area contributed by atoms with Crippen LogP contribution in [-0.4, -0.2) is 0 Å². The van der Waals surface area contributed by atoms with Crippen molar-refractivity contribution in [1.82, 2.24) is 0 Å². The quantitative estimate of drug-likeness (QED) is 0.268. The maximum Gasteiger partial charge on any atom is 0.178 e. The Morgan fingerprint density at radius 2 is 1.34 bits per heavy atom. The Morgan fingerprint density at radius 1 is 0.625 bits per heavy atom. The van der Waals surface area contributed by atoms with Gasteiger partial charge in [0, 0.05) is 31.3 Å². The number of ether oxygens (including phenoxy) is 1. The van der Waals surface area contributed by atoms with Gasteiger partial charge in [-0.15, -0.1) is 22.7 Å². The Kier molecular flexibility index (Phi) is 4.79. The molecular formula is C29H20OS2. The zero-order valence-corrected chi connectivity index (χ0v) is 18.9. The minimum absolute atomic E-state index is 0.633. The van der Waals surface area contributed by atoms with Crippen molar-refractivity contribution in [2.75, 3.05) is 0 Å². The van der Waals surface area contributed by atoms with E-state index < -0.39 is 5.60 Å². The molecule has 0 radical (unpaired) electrons. The average molecular weight is 449 g/mol. The van der Waals surface area contributed by atoms with E-state index in [9.17, 15) is 0 Å². The van der Waals surface area contributed by atoms with E-state index in [1.807, 2.05) is 23.5 Å². The second-order valence-corrected chi connectivity index (χ2v) is 9.83. The topological polar surface area (TPSA) is 9.23 Å². The third kappa shape index (κ3) is 3.31. The lowest BCUT2D eigenvalue weighted by Crippen LogP contribution is -2.34. The van der Waals surface area contributed by atoms with Crippen molar-refractivity contribution in [3.63, 3.8) is 0 Å². The molecule has 154 valence electrons. The minimum Gasteiger partial charge on any atom is -0.473 e. The predicted molar refractivity (Wildman–Crippen MR) is 136 cm³/mol. The summed E-state index contributed by atoms with van der Waals surface area (Å²) in [6, 6.07) is 36.1. The lowest BCUT2D eigenvalue weighted by molar-refractivity contribution is 0.161. The van der Waals surface area contributed by atoms with Crippen molar-refractivity contribution in [2.24, 2.45) is 0 Å². The second-order valence-electron chi connectivity index (χ2n) is 7.80. The first kappa shape index (κ1) is 19.3. The van der Waals surface area contributed by atoms with E-state index in [0.29, 0.717) is 0 Å². The first-order valence-electron chi connectivity index (χ1n) is 10.6. The summed E-state index contributed by atoms with van der Waals surface area (Å²) in [6.07, 6.45) is 4.39. The van der Waals surface area contributed by atoms with Gasteiger partial charge in [0.05, 0.1) is 0 Å². The van der Waals surface area contributed by atoms with E-state index in [2.05, 4.69) is 109 Å². The van der Waals surface area contributed by atoms with Crippen molar-refractivity contribution in [1.29, 1.82) is 0 Å². The molecular weight excluding hydrogens is 428 g/mol. The van der Waals surface area contributed by atoms with Crippen molar-refractivity contribution in [2.45, 2.75) is 5.60 Å². The van der Waals surface area contributed by atoms with Gasteiger partial charge < -0.3 is 4.74 Å². The molecule has 3 heterocycles. The van der Waals surface area contributed by atoms with Gasteiger partial charge in [0.1, 0.15) is 5.75 Å². The summed E-state index contributed by atoms with van der Waals surface area (Å²) >= 11 is 3.62. The second kappa shape index (κ2) is 7.94. The van der Waals surface area contributed by atoms with Crippen LogP contribution in [0.25, 0.3) is 26.3 Å². The van der Waals surface area contributed by atoms with E-state index in [-0.39, 0.29) is 0 Å². The summed E-state index contributed by atoms with van der Waals surface area (Å²) in [5.41, 5.74) is 3.94. The SMILES string of the molecule is C1=CC(c2ccccc2)(c2ccccc2)Oc2ccc(-c3ccc(-c4cccs4)s3)cc21. The van der Waals surface area contributed by atoms with Crippen LogP contribution in [0.5, 0.6) is 5.75 Å². The molecule has 3 aromatic carbocycles. The summed E-state index contributed by atoms with van der Waals surface area (Å²) in [7, 11) is 0. The molecule has 3 heteroatoms. The normalized spacial score (nSPS) is 14.0. The van der Waals surface area contributed by atoms with E-state index in [1.54, 1.807) is 11.3 Å². The van der Waals surface area contributed by atoms with E-state index in [4.69, 9.17) is 4.74 Å². The molecule has 1 nitrogen and oxygen atoms in total. The monoisotopic (exact) mass is 448 g/mol. The number of hydrogen-bond donors (Lipinski definition) is 0. The van der Waals surface area contributed by atoms with Crippen LogP contribution in [-0.2, 0) is 5.60 Å². The van der Waals surface area contributed by atoms with Gasteiger partial charge in [-0.05, 0) is 53.4 Å². The summed E-state index contributed by atoms with van der Waals surface area (Å²) < 4.78 is 6.76. The highest BCUT2D eigenvalue weighted by Crippen LogP contribution is 2.44. The van der Waals surface area contributed by atoms with Crippen molar-refractivity contribution >= 4 is 28.7 Å². The van der Waals surface area contributed by atoms with Gasteiger partial charge in [0.25, 0.3) is 0 Å². The Morgan fingerprint density at radius 3 is 2.03 bits per heavy atom. The van der Waals surface area contributed by atoms with Crippen LogP contribution >= 0.6 is 22.7 Å². The molecule has 0 atom stereocenters. The Hall–Kier alpha value is -3.40. The number of fused-ring (bicyclic) bond motifs is 1. The average Bonchev–Trinajstić information content (AvgIpc) is 3.57. The first-order valence-corrected chi connectivity index (χ1v) is 12.3. The minimum atomic E-state index is -0.633. The van der Waals surface area contributed by atoms with E-state index in [1.165, 1.54) is 20.2 Å². The van der Waals surface area contributed by atoms with Crippen LogP contribution in [0, 0.1) is 0 Å². The molecule has 0 amide bonds. The fourth-order valence-corrected chi connectivity index (χ4v) is 6.07. The maximum atomic E-state index is 6.76. The Bertz CT molecular complexity index is 1340. The number of thiophene rings is 2. The van der Waals surface area contributed by atoms with Crippen LogP contribution in [0.2, 0.25) is 0 Å². The van der Waals surface area contributed by atoms with Gasteiger partial charge in [-0.1, -0.05) is 72.8 Å². The molecule has 1 aliphatic rings. The first-order chi connectivity index (χ1) is 15.8. The van der Waals surface area contributed by atoms with Gasteiger partial charge in [-0.2, -0.15) is 0 Å². The van der Waals surface area contributed by atoms with Gasteiger partial charge in [-0.25, -0.2) is 0 Å². The van der Waals surface area contributed by atoms with E-state index in [0.717, 1.165) is 22.4 Å². The third-order valence-electron chi connectivity index (χ3n) is 5.84. The molecule has 0 saturated heterocycles. The zero-order valence-electron chi connectivity index (χ0n) is 17.3. The molecule has 0 fully saturated rings. The Labute approximate surface area is 195 Å². The molecule has 2 aromatic heterocycles. The Balaban J connectivity index is 1.40. The highest BCUT2D eigenvalue weighted by Gasteiger charge is 2.36. The molecule has 0 saturated carbocycles. The molecule has 6 rings (SSSR count). The lowest BCUT2D eigenvalue weighted by Gasteiger charge is -2.36. The zero-order chi connectivity index (χ0) is 21.4. The van der Waals surface area contributed by atoms with Gasteiger partial charge in [-0.3, -0.25) is 0 Å². The number of benzene rings is 3.